The number of morpholine rings is 1. The number of unbranched alkanes of at least 4 members (excludes halogenated alkanes) is 2. The van der Waals surface area contributed by atoms with Gasteiger partial charge in [0.05, 0.1) is 26.0 Å². The molecular formula is C11H22FNO2. The summed E-state index contributed by atoms with van der Waals surface area (Å²) in [6.07, 6.45) is 2.61. The lowest BCUT2D eigenvalue weighted by atomic mass is 10.1. The number of hydrogen-bond acceptors (Lipinski definition) is 3. The monoisotopic (exact) mass is 219 g/mol. The topological polar surface area (TPSA) is 32.7 Å². The average Bonchev–Trinajstić information content (AvgIpc) is 2.26. The van der Waals surface area contributed by atoms with E-state index >= 15 is 0 Å². The van der Waals surface area contributed by atoms with Gasteiger partial charge in [-0.1, -0.05) is 0 Å². The first-order chi connectivity index (χ1) is 7.27. The van der Waals surface area contributed by atoms with Crippen LogP contribution in [0.25, 0.3) is 0 Å². The Hall–Kier alpha value is -0.190. The molecule has 0 unspecified atom stereocenters. The van der Waals surface area contributed by atoms with Crippen LogP contribution in [-0.2, 0) is 4.74 Å². The van der Waals surface area contributed by atoms with Gasteiger partial charge < -0.3 is 9.84 Å². The van der Waals surface area contributed by atoms with Gasteiger partial charge in [0.1, 0.15) is 0 Å². The highest BCUT2D eigenvalue weighted by Crippen LogP contribution is 2.12. The molecule has 0 aromatic rings. The molecule has 0 aliphatic carbocycles. The lowest BCUT2D eigenvalue weighted by molar-refractivity contribution is -0.0779. The van der Waals surface area contributed by atoms with E-state index in [1.165, 1.54) is 0 Å². The third-order valence-electron chi connectivity index (χ3n) is 2.92. The van der Waals surface area contributed by atoms with E-state index in [-0.39, 0.29) is 19.4 Å². The van der Waals surface area contributed by atoms with Gasteiger partial charge in [0, 0.05) is 12.6 Å². The molecule has 1 saturated heterocycles. The molecule has 0 saturated carbocycles. The summed E-state index contributed by atoms with van der Waals surface area (Å²) in [7, 11) is 0. The molecule has 1 aliphatic heterocycles. The van der Waals surface area contributed by atoms with Crippen LogP contribution < -0.4 is 0 Å². The van der Waals surface area contributed by atoms with E-state index in [0.717, 1.165) is 25.9 Å². The molecule has 0 radical (unpaired) electrons. The molecule has 0 spiro atoms. The Balaban J connectivity index is 2.19. The van der Waals surface area contributed by atoms with Crippen molar-refractivity contribution in [3.63, 3.8) is 0 Å². The fourth-order valence-electron chi connectivity index (χ4n) is 1.88. The van der Waals surface area contributed by atoms with E-state index in [4.69, 9.17) is 9.84 Å². The van der Waals surface area contributed by atoms with Crippen molar-refractivity contribution < 1.29 is 14.2 Å². The third kappa shape index (κ3) is 4.45. The zero-order valence-corrected chi connectivity index (χ0v) is 9.49. The second-order valence-electron chi connectivity index (χ2n) is 4.23. The van der Waals surface area contributed by atoms with Gasteiger partial charge in [0.15, 0.2) is 0 Å². The maximum Gasteiger partial charge on any atom is 0.0933 e. The highest BCUT2D eigenvalue weighted by molar-refractivity contribution is 4.76. The molecule has 0 aromatic heterocycles. The van der Waals surface area contributed by atoms with Crippen LogP contribution in [0.5, 0.6) is 0 Å². The number of rotatable bonds is 6. The Morgan fingerprint density at radius 3 is 2.87 bits per heavy atom. The summed E-state index contributed by atoms with van der Waals surface area (Å²) in [5, 5.41) is 9.00. The predicted molar refractivity (Wildman–Crippen MR) is 57.7 cm³/mol. The third-order valence-corrected chi connectivity index (χ3v) is 2.92. The maximum absolute atomic E-state index is 11.9. The van der Waals surface area contributed by atoms with E-state index in [1.54, 1.807) is 0 Å². The van der Waals surface area contributed by atoms with Crippen molar-refractivity contribution in [3.8, 4) is 0 Å². The van der Waals surface area contributed by atoms with Crippen LogP contribution in [0.15, 0.2) is 0 Å². The minimum absolute atomic E-state index is 0.0395. The number of aliphatic hydroxyl groups is 1. The van der Waals surface area contributed by atoms with Crippen molar-refractivity contribution in [2.24, 2.45) is 0 Å². The summed E-state index contributed by atoms with van der Waals surface area (Å²) < 4.78 is 17.3. The van der Waals surface area contributed by atoms with Gasteiger partial charge in [0.2, 0.25) is 0 Å². The molecule has 1 fully saturated rings. The van der Waals surface area contributed by atoms with E-state index in [2.05, 4.69) is 11.8 Å². The van der Waals surface area contributed by atoms with Crippen molar-refractivity contribution in [1.82, 2.24) is 4.90 Å². The van der Waals surface area contributed by atoms with Gasteiger partial charge in [-0.15, -0.1) is 0 Å². The van der Waals surface area contributed by atoms with Crippen LogP contribution in [0.1, 0.15) is 26.2 Å². The molecule has 3 nitrogen and oxygen atoms in total. The minimum atomic E-state index is -0.210. The van der Waals surface area contributed by atoms with Crippen LogP contribution in [0.2, 0.25) is 0 Å². The molecule has 1 N–H and O–H groups in total. The molecule has 1 aliphatic rings. The number of alkyl halides is 1. The van der Waals surface area contributed by atoms with Crippen LogP contribution in [0, 0.1) is 0 Å². The fraction of sp³-hybridized carbons (Fsp3) is 1.00. The summed E-state index contributed by atoms with van der Waals surface area (Å²) >= 11 is 0. The Morgan fingerprint density at radius 1 is 1.40 bits per heavy atom. The van der Waals surface area contributed by atoms with Crippen molar-refractivity contribution >= 4 is 0 Å². The summed E-state index contributed by atoms with van der Waals surface area (Å²) in [6, 6.07) is 0.415. The number of halogens is 1. The summed E-state index contributed by atoms with van der Waals surface area (Å²) in [6.45, 7) is 4.48. The number of ether oxygens (including phenoxy) is 1. The van der Waals surface area contributed by atoms with Crippen molar-refractivity contribution in [1.29, 1.82) is 0 Å². The number of aliphatic hydroxyl groups excluding tert-OH is 1. The van der Waals surface area contributed by atoms with Gasteiger partial charge in [-0.25, -0.2) is 0 Å². The van der Waals surface area contributed by atoms with E-state index < -0.39 is 0 Å². The molecule has 4 heteroatoms. The van der Waals surface area contributed by atoms with Crippen LogP contribution in [-0.4, -0.2) is 55.1 Å². The second-order valence-corrected chi connectivity index (χ2v) is 4.23. The van der Waals surface area contributed by atoms with Crippen molar-refractivity contribution in [3.05, 3.63) is 0 Å². The van der Waals surface area contributed by atoms with Gasteiger partial charge in [-0.05, 0) is 32.7 Å². The van der Waals surface area contributed by atoms with Gasteiger partial charge in [-0.2, -0.15) is 0 Å². The second kappa shape index (κ2) is 7.14. The standard InChI is InChI=1S/C11H22FNO2/c1-10-9-15-11(8-14)7-13(10)6-4-2-3-5-12/h10-11,14H,2-9H2,1H3/t10-,11-/m0/s1. The van der Waals surface area contributed by atoms with E-state index in [1.807, 2.05) is 0 Å². The first-order valence-corrected chi connectivity index (χ1v) is 5.80. The molecule has 1 heterocycles. The van der Waals surface area contributed by atoms with E-state index in [9.17, 15) is 4.39 Å². The van der Waals surface area contributed by atoms with Crippen LogP contribution in [0.3, 0.4) is 0 Å². The SMILES string of the molecule is C[C@H]1CO[C@H](CO)CN1CCCCCF. The van der Waals surface area contributed by atoms with Crippen LogP contribution in [0.4, 0.5) is 4.39 Å². The molecule has 90 valence electrons. The maximum atomic E-state index is 11.9. The summed E-state index contributed by atoms with van der Waals surface area (Å²) in [4.78, 5) is 2.32. The lowest BCUT2D eigenvalue weighted by Gasteiger charge is -2.37. The number of hydrogen-bond donors (Lipinski definition) is 1. The van der Waals surface area contributed by atoms with Gasteiger partial charge in [-0.3, -0.25) is 9.29 Å². The normalized spacial score (nSPS) is 28.2. The Kier molecular flexibility index (Phi) is 6.13. The first kappa shape index (κ1) is 12.9. The zero-order valence-electron chi connectivity index (χ0n) is 9.49. The van der Waals surface area contributed by atoms with Crippen LogP contribution >= 0.6 is 0 Å². The Labute approximate surface area is 91.2 Å². The molecular weight excluding hydrogens is 197 g/mol. The number of nitrogens with zero attached hydrogens (tertiary/aromatic N) is 1. The predicted octanol–water partition coefficient (Wildman–Crippen LogP) is 1.21. The van der Waals surface area contributed by atoms with Gasteiger partial charge in [0.25, 0.3) is 0 Å². The van der Waals surface area contributed by atoms with E-state index in [0.29, 0.717) is 19.1 Å². The summed E-state index contributed by atoms with van der Waals surface area (Å²) in [5.41, 5.74) is 0. The minimum Gasteiger partial charge on any atom is -0.394 e. The van der Waals surface area contributed by atoms with Gasteiger partial charge >= 0.3 is 0 Å². The molecule has 1 rings (SSSR count). The highest BCUT2D eigenvalue weighted by atomic mass is 19.1. The fourth-order valence-corrected chi connectivity index (χ4v) is 1.88. The average molecular weight is 219 g/mol. The van der Waals surface area contributed by atoms with Crippen molar-refractivity contribution in [2.45, 2.75) is 38.3 Å². The van der Waals surface area contributed by atoms with Crippen molar-refractivity contribution in [2.75, 3.05) is 33.0 Å². The smallest absolute Gasteiger partial charge is 0.0933 e. The molecule has 15 heavy (non-hydrogen) atoms. The quantitative estimate of drug-likeness (QED) is 0.682. The molecule has 2 atom stereocenters. The molecule has 0 bridgehead atoms. The largest absolute Gasteiger partial charge is 0.394 e. The first-order valence-electron chi connectivity index (χ1n) is 5.80. The molecule has 0 amide bonds. The Morgan fingerprint density at radius 2 is 2.20 bits per heavy atom. The molecule has 0 aromatic carbocycles. The highest BCUT2D eigenvalue weighted by Gasteiger charge is 2.24. The lowest BCUT2D eigenvalue weighted by Crippen LogP contribution is -2.49. The Bertz CT molecular complexity index is 169. The zero-order chi connectivity index (χ0) is 11.1. The summed E-state index contributed by atoms with van der Waals surface area (Å²) in [5.74, 6) is 0.